The van der Waals surface area contributed by atoms with E-state index in [2.05, 4.69) is 33.3 Å². The predicted molar refractivity (Wildman–Crippen MR) is 55.7 cm³/mol. The molecular weight excluding hydrogens is 230 g/mol. The van der Waals surface area contributed by atoms with Gasteiger partial charge in [0.2, 0.25) is 0 Å². The van der Waals surface area contributed by atoms with Gasteiger partial charge >= 0.3 is 0 Å². The second-order valence-corrected chi connectivity index (χ2v) is 4.59. The summed E-state index contributed by atoms with van der Waals surface area (Å²) < 4.78 is 3.03. The lowest BCUT2D eigenvalue weighted by molar-refractivity contribution is 0.452. The van der Waals surface area contributed by atoms with Crippen LogP contribution >= 0.6 is 15.9 Å². The molecule has 2 rings (SSSR count). The van der Waals surface area contributed by atoms with E-state index in [1.807, 2.05) is 17.1 Å². The molecule has 1 fully saturated rings. The zero-order chi connectivity index (χ0) is 9.26. The zero-order valence-corrected chi connectivity index (χ0v) is 9.29. The van der Waals surface area contributed by atoms with E-state index in [0.717, 1.165) is 17.1 Å². The lowest BCUT2D eigenvalue weighted by Gasteiger charge is -2.12. The third-order valence-electron chi connectivity index (χ3n) is 2.30. The van der Waals surface area contributed by atoms with Gasteiger partial charge in [-0.1, -0.05) is 0 Å². The molecule has 1 atom stereocenters. The lowest BCUT2D eigenvalue weighted by atomic mass is 10.3. The third kappa shape index (κ3) is 2.54. The summed E-state index contributed by atoms with van der Waals surface area (Å²) in [6.45, 7) is 3.19. The van der Waals surface area contributed by atoms with Gasteiger partial charge in [0.1, 0.15) is 0 Å². The molecule has 13 heavy (non-hydrogen) atoms. The Hall–Kier alpha value is -0.350. The SMILES string of the molecule is CC(CNC1CC1)n1cc(Br)cn1. The van der Waals surface area contributed by atoms with Crippen LogP contribution in [0.5, 0.6) is 0 Å². The molecule has 0 amide bonds. The molecule has 1 N–H and O–H groups in total. The van der Waals surface area contributed by atoms with Gasteiger partial charge in [-0.2, -0.15) is 5.10 Å². The fourth-order valence-corrected chi connectivity index (χ4v) is 1.58. The van der Waals surface area contributed by atoms with Crippen LogP contribution in [0.4, 0.5) is 0 Å². The van der Waals surface area contributed by atoms with Crippen molar-refractivity contribution in [3.8, 4) is 0 Å². The highest BCUT2D eigenvalue weighted by atomic mass is 79.9. The minimum Gasteiger partial charge on any atom is -0.312 e. The average Bonchev–Trinajstić information content (AvgIpc) is 2.84. The Kier molecular flexibility index (Phi) is 2.69. The quantitative estimate of drug-likeness (QED) is 0.877. The van der Waals surface area contributed by atoms with Crippen molar-refractivity contribution in [3.63, 3.8) is 0 Å². The van der Waals surface area contributed by atoms with Crippen molar-refractivity contribution in [1.29, 1.82) is 0 Å². The molecule has 1 unspecified atom stereocenters. The maximum absolute atomic E-state index is 4.24. The van der Waals surface area contributed by atoms with E-state index in [1.165, 1.54) is 12.8 Å². The highest BCUT2D eigenvalue weighted by Gasteiger charge is 2.21. The molecule has 4 heteroatoms. The van der Waals surface area contributed by atoms with Gasteiger partial charge in [-0.25, -0.2) is 0 Å². The molecule has 0 bridgehead atoms. The molecule has 3 nitrogen and oxygen atoms in total. The number of aromatic nitrogens is 2. The van der Waals surface area contributed by atoms with E-state index in [4.69, 9.17) is 0 Å². The number of nitrogens with zero attached hydrogens (tertiary/aromatic N) is 2. The monoisotopic (exact) mass is 243 g/mol. The normalized spacial score (nSPS) is 18.9. The summed E-state index contributed by atoms with van der Waals surface area (Å²) >= 11 is 3.39. The Bertz CT molecular complexity index is 280. The van der Waals surface area contributed by atoms with Crippen LogP contribution in [0.3, 0.4) is 0 Å². The molecule has 0 spiro atoms. The highest BCUT2D eigenvalue weighted by molar-refractivity contribution is 9.10. The van der Waals surface area contributed by atoms with E-state index in [0.29, 0.717) is 6.04 Å². The number of hydrogen-bond acceptors (Lipinski definition) is 2. The van der Waals surface area contributed by atoms with Crippen molar-refractivity contribution in [1.82, 2.24) is 15.1 Å². The van der Waals surface area contributed by atoms with E-state index < -0.39 is 0 Å². The molecule has 0 radical (unpaired) electrons. The van der Waals surface area contributed by atoms with Gasteiger partial charge in [0.25, 0.3) is 0 Å². The summed E-state index contributed by atoms with van der Waals surface area (Å²) in [7, 11) is 0. The lowest BCUT2D eigenvalue weighted by Crippen LogP contribution is -2.25. The smallest absolute Gasteiger partial charge is 0.0632 e. The molecule has 0 aliphatic heterocycles. The van der Waals surface area contributed by atoms with Crippen LogP contribution in [-0.2, 0) is 0 Å². The van der Waals surface area contributed by atoms with Gasteiger partial charge in [-0.3, -0.25) is 4.68 Å². The Balaban J connectivity index is 1.84. The molecule has 1 heterocycles. The Labute approximate surface area is 86.6 Å². The van der Waals surface area contributed by atoms with Crippen LogP contribution in [0.2, 0.25) is 0 Å². The zero-order valence-electron chi connectivity index (χ0n) is 7.70. The van der Waals surface area contributed by atoms with Crippen molar-refractivity contribution in [2.45, 2.75) is 31.8 Å². The van der Waals surface area contributed by atoms with Crippen molar-refractivity contribution >= 4 is 15.9 Å². The molecule has 1 saturated carbocycles. The largest absolute Gasteiger partial charge is 0.312 e. The van der Waals surface area contributed by atoms with Gasteiger partial charge in [-0.15, -0.1) is 0 Å². The summed E-state index contributed by atoms with van der Waals surface area (Å²) in [6, 6.07) is 1.22. The minimum atomic E-state index is 0.437. The van der Waals surface area contributed by atoms with Gasteiger partial charge in [0, 0.05) is 18.8 Å². The summed E-state index contributed by atoms with van der Waals surface area (Å²) in [5.41, 5.74) is 0. The summed E-state index contributed by atoms with van der Waals surface area (Å²) in [5.74, 6) is 0. The molecule has 1 aromatic rings. The third-order valence-corrected chi connectivity index (χ3v) is 2.71. The summed E-state index contributed by atoms with van der Waals surface area (Å²) in [5, 5.41) is 7.73. The highest BCUT2D eigenvalue weighted by Crippen LogP contribution is 2.19. The van der Waals surface area contributed by atoms with Gasteiger partial charge in [0.05, 0.1) is 16.7 Å². The topological polar surface area (TPSA) is 29.9 Å². The van der Waals surface area contributed by atoms with E-state index in [9.17, 15) is 0 Å². The maximum atomic E-state index is 4.24. The molecule has 1 aliphatic rings. The van der Waals surface area contributed by atoms with Crippen LogP contribution in [0, 0.1) is 0 Å². The van der Waals surface area contributed by atoms with Crippen LogP contribution in [-0.4, -0.2) is 22.4 Å². The van der Waals surface area contributed by atoms with Crippen molar-refractivity contribution in [2.24, 2.45) is 0 Å². The van der Waals surface area contributed by atoms with Crippen molar-refractivity contribution < 1.29 is 0 Å². The molecule has 0 aromatic carbocycles. The maximum Gasteiger partial charge on any atom is 0.0632 e. The molecule has 72 valence electrons. The Morgan fingerprint density at radius 3 is 3.08 bits per heavy atom. The molecule has 1 aliphatic carbocycles. The number of halogens is 1. The van der Waals surface area contributed by atoms with Crippen LogP contribution < -0.4 is 5.32 Å². The van der Waals surface area contributed by atoms with E-state index in [1.54, 1.807) is 0 Å². The predicted octanol–water partition coefficient (Wildman–Crippen LogP) is 1.96. The first kappa shape index (κ1) is 9.21. The van der Waals surface area contributed by atoms with Crippen LogP contribution in [0.1, 0.15) is 25.8 Å². The van der Waals surface area contributed by atoms with E-state index in [-0.39, 0.29) is 0 Å². The standard InChI is InChI=1S/C9H14BrN3/c1-7(4-11-9-2-3-9)13-6-8(10)5-12-13/h5-7,9,11H,2-4H2,1H3. The fourth-order valence-electron chi connectivity index (χ4n) is 1.27. The Morgan fingerprint density at radius 2 is 2.54 bits per heavy atom. The van der Waals surface area contributed by atoms with Gasteiger partial charge in [0.15, 0.2) is 0 Å². The first-order chi connectivity index (χ1) is 6.25. The molecule has 0 saturated heterocycles. The Morgan fingerprint density at radius 1 is 1.77 bits per heavy atom. The number of hydrogen-bond donors (Lipinski definition) is 1. The first-order valence-corrected chi connectivity index (χ1v) is 5.48. The number of nitrogens with one attached hydrogen (secondary N) is 1. The fraction of sp³-hybridized carbons (Fsp3) is 0.667. The number of rotatable bonds is 4. The first-order valence-electron chi connectivity index (χ1n) is 4.69. The summed E-state index contributed by atoms with van der Waals surface area (Å²) in [4.78, 5) is 0. The van der Waals surface area contributed by atoms with E-state index >= 15 is 0 Å². The molecular formula is C9H14BrN3. The second kappa shape index (κ2) is 3.80. The van der Waals surface area contributed by atoms with Gasteiger partial charge in [-0.05, 0) is 35.7 Å². The summed E-state index contributed by atoms with van der Waals surface area (Å²) in [6.07, 6.45) is 6.53. The minimum absolute atomic E-state index is 0.437. The average molecular weight is 244 g/mol. The van der Waals surface area contributed by atoms with Crippen molar-refractivity contribution in [3.05, 3.63) is 16.9 Å². The van der Waals surface area contributed by atoms with Gasteiger partial charge < -0.3 is 5.32 Å². The second-order valence-electron chi connectivity index (χ2n) is 3.67. The molecule has 1 aromatic heterocycles. The van der Waals surface area contributed by atoms with Crippen molar-refractivity contribution in [2.75, 3.05) is 6.54 Å². The van der Waals surface area contributed by atoms with Crippen LogP contribution in [0.25, 0.3) is 0 Å². The van der Waals surface area contributed by atoms with Crippen LogP contribution in [0.15, 0.2) is 16.9 Å².